The van der Waals surface area contributed by atoms with E-state index in [0.29, 0.717) is 17.0 Å². The van der Waals surface area contributed by atoms with Gasteiger partial charge in [-0.15, -0.1) is 0 Å². The number of rotatable bonds is 4. The molecule has 2 aromatic carbocycles. The summed E-state index contributed by atoms with van der Waals surface area (Å²) >= 11 is 3.28. The minimum absolute atomic E-state index is 0.0884. The lowest BCUT2D eigenvalue weighted by Gasteiger charge is -2.26. The van der Waals surface area contributed by atoms with Crippen molar-refractivity contribution >= 4 is 37.0 Å². The molecule has 27 heavy (non-hydrogen) atoms. The summed E-state index contributed by atoms with van der Waals surface area (Å²) in [6, 6.07) is 12.0. The van der Waals surface area contributed by atoms with Crippen LogP contribution >= 0.6 is 15.9 Å². The molecule has 0 saturated heterocycles. The number of halogens is 1. The van der Waals surface area contributed by atoms with E-state index in [1.807, 2.05) is 25.1 Å². The molecule has 1 aliphatic heterocycles. The number of aromatic nitrogens is 1. The van der Waals surface area contributed by atoms with Crippen LogP contribution in [0.5, 0.6) is 11.5 Å². The first kappa shape index (κ1) is 18.2. The van der Waals surface area contributed by atoms with Gasteiger partial charge in [-0.25, -0.2) is 0 Å². The first-order valence-electron chi connectivity index (χ1n) is 8.26. The number of nitrogens with zero attached hydrogens (tertiary/aromatic N) is 1. The van der Waals surface area contributed by atoms with E-state index in [4.69, 9.17) is 13.7 Å². The standard InChI is InChI=1S/C19H16BrNO5S/c1-12-8-13-2-7-17-19(18(13)21-9-12)26-15(10-24-17)11-25-27(22,23)16-5-3-14(20)4-6-16/h2-9,15H,10-11H2,1H3/t15-/m1/s1. The zero-order chi connectivity index (χ0) is 19.0. The maximum atomic E-state index is 12.3. The van der Waals surface area contributed by atoms with Crippen LogP contribution in [0.1, 0.15) is 5.56 Å². The third kappa shape index (κ3) is 3.78. The largest absolute Gasteiger partial charge is 0.486 e. The maximum absolute atomic E-state index is 12.3. The quantitative estimate of drug-likeness (QED) is 0.563. The Morgan fingerprint density at radius 2 is 2.00 bits per heavy atom. The van der Waals surface area contributed by atoms with Gasteiger partial charge in [0.05, 0.1) is 4.90 Å². The second-order valence-electron chi connectivity index (χ2n) is 6.22. The highest BCUT2D eigenvalue weighted by Gasteiger charge is 2.26. The molecule has 3 aromatic rings. The lowest BCUT2D eigenvalue weighted by atomic mass is 10.1. The number of fused-ring (bicyclic) bond motifs is 3. The topological polar surface area (TPSA) is 74.7 Å². The Balaban J connectivity index is 1.52. The minimum Gasteiger partial charge on any atom is -0.486 e. The van der Waals surface area contributed by atoms with Crippen LogP contribution in [0.3, 0.4) is 0 Å². The predicted octanol–water partition coefficient (Wildman–Crippen LogP) is 3.85. The van der Waals surface area contributed by atoms with Gasteiger partial charge in [0.2, 0.25) is 0 Å². The summed E-state index contributed by atoms with van der Waals surface area (Å²) in [4.78, 5) is 4.51. The molecule has 1 aromatic heterocycles. The van der Waals surface area contributed by atoms with E-state index in [2.05, 4.69) is 20.9 Å². The van der Waals surface area contributed by atoms with Crippen molar-refractivity contribution in [1.29, 1.82) is 0 Å². The monoisotopic (exact) mass is 449 g/mol. The van der Waals surface area contributed by atoms with Crippen molar-refractivity contribution in [2.45, 2.75) is 17.9 Å². The van der Waals surface area contributed by atoms with Crippen LogP contribution in [0.25, 0.3) is 10.9 Å². The SMILES string of the molecule is Cc1cnc2c3c(ccc2c1)OC[C@H](COS(=O)(=O)c1ccc(Br)cc1)O3. The van der Waals surface area contributed by atoms with Gasteiger partial charge in [0.25, 0.3) is 10.1 Å². The van der Waals surface area contributed by atoms with Crippen LogP contribution in [0, 0.1) is 6.92 Å². The van der Waals surface area contributed by atoms with E-state index in [-0.39, 0.29) is 18.1 Å². The first-order valence-corrected chi connectivity index (χ1v) is 10.5. The molecule has 6 nitrogen and oxygen atoms in total. The highest BCUT2D eigenvalue weighted by molar-refractivity contribution is 9.10. The third-order valence-corrected chi connectivity index (χ3v) is 5.95. The highest BCUT2D eigenvalue weighted by Crippen LogP contribution is 2.38. The van der Waals surface area contributed by atoms with Gasteiger partial charge < -0.3 is 9.47 Å². The summed E-state index contributed by atoms with van der Waals surface area (Å²) in [7, 11) is -3.87. The van der Waals surface area contributed by atoms with E-state index in [9.17, 15) is 8.42 Å². The summed E-state index contributed by atoms with van der Waals surface area (Å²) < 4.78 is 42.3. The van der Waals surface area contributed by atoms with E-state index in [1.54, 1.807) is 18.3 Å². The number of ether oxygens (including phenoxy) is 2. The smallest absolute Gasteiger partial charge is 0.297 e. The van der Waals surface area contributed by atoms with E-state index < -0.39 is 16.2 Å². The van der Waals surface area contributed by atoms with Gasteiger partial charge >= 0.3 is 0 Å². The van der Waals surface area contributed by atoms with Gasteiger partial charge in [0.15, 0.2) is 17.6 Å². The van der Waals surface area contributed by atoms with Crippen molar-refractivity contribution in [1.82, 2.24) is 4.98 Å². The van der Waals surface area contributed by atoms with Gasteiger partial charge in [-0.05, 0) is 55.0 Å². The van der Waals surface area contributed by atoms with Crippen molar-refractivity contribution in [2.75, 3.05) is 13.2 Å². The molecule has 0 amide bonds. The fraction of sp³-hybridized carbons (Fsp3) is 0.211. The molecule has 0 saturated carbocycles. The molecule has 0 unspecified atom stereocenters. The summed E-state index contributed by atoms with van der Waals surface area (Å²) in [5.41, 5.74) is 1.72. The first-order chi connectivity index (χ1) is 12.9. The molecular weight excluding hydrogens is 434 g/mol. The molecule has 0 aliphatic carbocycles. The number of pyridine rings is 1. The maximum Gasteiger partial charge on any atom is 0.297 e. The number of hydrogen-bond donors (Lipinski definition) is 0. The Morgan fingerprint density at radius 1 is 1.22 bits per heavy atom. The van der Waals surface area contributed by atoms with E-state index in [1.165, 1.54) is 12.1 Å². The van der Waals surface area contributed by atoms with Crippen LogP contribution in [-0.2, 0) is 14.3 Å². The third-order valence-electron chi connectivity index (χ3n) is 4.13. The second kappa shape index (κ2) is 7.10. The fourth-order valence-corrected chi connectivity index (χ4v) is 4.00. The molecule has 0 N–H and O–H groups in total. The molecule has 0 fully saturated rings. The molecule has 8 heteroatoms. The number of aryl methyl sites for hydroxylation is 1. The Kier molecular flexibility index (Phi) is 4.79. The average molecular weight is 450 g/mol. The molecule has 0 spiro atoms. The van der Waals surface area contributed by atoms with Gasteiger partial charge in [0.1, 0.15) is 18.7 Å². The van der Waals surface area contributed by atoms with E-state index in [0.717, 1.165) is 15.4 Å². The zero-order valence-corrected chi connectivity index (χ0v) is 16.8. The second-order valence-corrected chi connectivity index (χ2v) is 8.75. The molecule has 4 rings (SSSR count). The molecule has 140 valence electrons. The predicted molar refractivity (Wildman–Crippen MR) is 104 cm³/mol. The molecule has 0 radical (unpaired) electrons. The van der Waals surface area contributed by atoms with E-state index >= 15 is 0 Å². The van der Waals surface area contributed by atoms with Gasteiger partial charge in [-0.3, -0.25) is 9.17 Å². The van der Waals surface area contributed by atoms with Gasteiger partial charge in [-0.2, -0.15) is 8.42 Å². The molecule has 2 heterocycles. The fourth-order valence-electron chi connectivity index (χ4n) is 2.79. The molecule has 1 atom stereocenters. The number of hydrogen-bond acceptors (Lipinski definition) is 6. The van der Waals surface area contributed by atoms with Crippen LogP contribution in [0.4, 0.5) is 0 Å². The summed E-state index contributed by atoms with van der Waals surface area (Å²) in [5.74, 6) is 1.10. The zero-order valence-electron chi connectivity index (χ0n) is 14.4. The van der Waals surface area contributed by atoms with Crippen LogP contribution in [0.2, 0.25) is 0 Å². The van der Waals surface area contributed by atoms with Crippen molar-refractivity contribution in [2.24, 2.45) is 0 Å². The lowest BCUT2D eigenvalue weighted by molar-refractivity contribution is 0.0569. The minimum atomic E-state index is -3.87. The molecule has 1 aliphatic rings. The van der Waals surface area contributed by atoms with Gasteiger partial charge in [-0.1, -0.05) is 15.9 Å². The molecule has 0 bridgehead atoms. The highest BCUT2D eigenvalue weighted by atomic mass is 79.9. The van der Waals surface area contributed by atoms with Gasteiger partial charge in [0, 0.05) is 16.1 Å². The van der Waals surface area contributed by atoms with Crippen LogP contribution in [0.15, 0.2) is 58.0 Å². The number of benzene rings is 2. The van der Waals surface area contributed by atoms with Crippen molar-refractivity contribution < 1.29 is 22.1 Å². The Hall–Kier alpha value is -2.16. The van der Waals surface area contributed by atoms with Crippen molar-refractivity contribution in [3.63, 3.8) is 0 Å². The average Bonchev–Trinajstić information content (AvgIpc) is 2.66. The Labute approximate surface area is 165 Å². The normalized spacial score (nSPS) is 16.4. The lowest BCUT2D eigenvalue weighted by Crippen LogP contribution is -2.34. The Morgan fingerprint density at radius 3 is 2.78 bits per heavy atom. The summed E-state index contributed by atoms with van der Waals surface area (Å²) in [6.45, 7) is 2.01. The van der Waals surface area contributed by atoms with Crippen molar-refractivity contribution in [3.8, 4) is 11.5 Å². The van der Waals surface area contributed by atoms with Crippen LogP contribution < -0.4 is 9.47 Å². The summed E-state index contributed by atoms with van der Waals surface area (Å²) in [6.07, 6.45) is 1.20. The summed E-state index contributed by atoms with van der Waals surface area (Å²) in [5, 5.41) is 0.932. The molecular formula is C19H16BrNO5S. The Bertz CT molecular complexity index is 1100. The van der Waals surface area contributed by atoms with Crippen molar-refractivity contribution in [3.05, 3.63) is 58.7 Å². The van der Waals surface area contributed by atoms with Crippen LogP contribution in [-0.4, -0.2) is 32.7 Å².